The predicted molar refractivity (Wildman–Crippen MR) is 145 cm³/mol. The molecular formula is C28H40N4. The summed E-state index contributed by atoms with van der Waals surface area (Å²) in [6.45, 7) is 23.6. The lowest BCUT2D eigenvalue weighted by Gasteiger charge is -2.19. The van der Waals surface area contributed by atoms with Gasteiger partial charge in [-0.15, -0.1) is 0 Å². The molecule has 4 N–H and O–H groups in total. The number of hydrogen-bond acceptors (Lipinski definition) is 4. The van der Waals surface area contributed by atoms with Crippen molar-refractivity contribution in [2.75, 3.05) is 49.9 Å². The van der Waals surface area contributed by atoms with Crippen molar-refractivity contribution in [1.29, 1.82) is 0 Å². The van der Waals surface area contributed by atoms with Crippen LogP contribution in [0, 0.1) is 13.8 Å². The molecule has 0 fully saturated rings. The minimum Gasteiger partial charge on any atom is -0.383 e. The van der Waals surface area contributed by atoms with Crippen molar-refractivity contribution >= 4 is 46.1 Å². The fourth-order valence-corrected chi connectivity index (χ4v) is 4.54. The standard InChI is InChI=1S/C28H40N4/c1-7-13-29-15-17-31-23-11-12-24(32-18-16-30-14-8-2)28-22(6)26-20(4)10-9-19(3)25(26)21(5)27(23)28/h9-12,29-32H,5-8,13-18H2,1-4H3. The molecule has 0 heterocycles. The van der Waals surface area contributed by atoms with Crippen LogP contribution in [0.5, 0.6) is 0 Å². The lowest BCUT2D eigenvalue weighted by Crippen LogP contribution is -2.25. The molecule has 0 saturated heterocycles. The average Bonchev–Trinajstić information content (AvgIpc) is 2.78. The van der Waals surface area contributed by atoms with Crippen molar-refractivity contribution in [1.82, 2.24) is 10.6 Å². The van der Waals surface area contributed by atoms with Crippen molar-refractivity contribution < 1.29 is 0 Å². The van der Waals surface area contributed by atoms with Gasteiger partial charge in [0.2, 0.25) is 0 Å². The topological polar surface area (TPSA) is 48.1 Å². The Hall–Kier alpha value is -2.56. The zero-order valence-electron chi connectivity index (χ0n) is 20.4. The SMILES string of the molecule is C=c1c2c(C)ccc(C)c2c(=C)c2c(NCCNCCC)ccc(NCCNCCC)c12. The van der Waals surface area contributed by atoms with E-state index in [4.69, 9.17) is 0 Å². The van der Waals surface area contributed by atoms with Crippen molar-refractivity contribution in [3.05, 3.63) is 45.8 Å². The molecule has 0 atom stereocenters. The maximum Gasteiger partial charge on any atom is 0.0428 e. The molecule has 172 valence electrons. The Morgan fingerprint density at radius 3 is 1.34 bits per heavy atom. The molecule has 0 amide bonds. The first-order valence-corrected chi connectivity index (χ1v) is 12.1. The largest absolute Gasteiger partial charge is 0.383 e. The summed E-state index contributed by atoms with van der Waals surface area (Å²) in [6.07, 6.45) is 2.30. The minimum atomic E-state index is 0.875. The molecule has 0 bridgehead atoms. The Labute approximate surface area is 193 Å². The first kappa shape index (κ1) is 24.1. The quantitative estimate of drug-likeness (QED) is 0.255. The van der Waals surface area contributed by atoms with Crippen LogP contribution in [0.3, 0.4) is 0 Å². The zero-order chi connectivity index (χ0) is 23.1. The van der Waals surface area contributed by atoms with Gasteiger partial charge in [-0.05, 0) is 84.2 Å². The van der Waals surface area contributed by atoms with E-state index in [1.807, 2.05) is 0 Å². The van der Waals surface area contributed by atoms with Gasteiger partial charge in [-0.2, -0.15) is 0 Å². The van der Waals surface area contributed by atoms with Gasteiger partial charge < -0.3 is 21.3 Å². The Morgan fingerprint density at radius 2 is 0.969 bits per heavy atom. The van der Waals surface area contributed by atoms with Crippen molar-refractivity contribution in [2.45, 2.75) is 40.5 Å². The van der Waals surface area contributed by atoms with Gasteiger partial charge in [0, 0.05) is 48.3 Å². The summed E-state index contributed by atoms with van der Waals surface area (Å²) in [6, 6.07) is 8.77. The van der Waals surface area contributed by atoms with Crippen LogP contribution in [0.1, 0.15) is 37.8 Å². The van der Waals surface area contributed by atoms with Gasteiger partial charge >= 0.3 is 0 Å². The summed E-state index contributed by atoms with van der Waals surface area (Å²) in [5, 5.41) is 21.2. The van der Waals surface area contributed by atoms with Crippen LogP contribution >= 0.6 is 0 Å². The second-order valence-corrected chi connectivity index (χ2v) is 8.67. The molecule has 0 radical (unpaired) electrons. The molecule has 4 nitrogen and oxygen atoms in total. The van der Waals surface area contributed by atoms with Crippen LogP contribution in [0.2, 0.25) is 0 Å². The molecule has 4 heteroatoms. The Balaban J connectivity index is 2.11. The number of aryl methyl sites for hydroxylation is 2. The summed E-state index contributed by atoms with van der Waals surface area (Å²) < 4.78 is 0. The third-order valence-electron chi connectivity index (χ3n) is 6.12. The smallest absolute Gasteiger partial charge is 0.0428 e. The molecule has 0 aromatic heterocycles. The predicted octanol–water partition coefficient (Wildman–Crippen LogP) is 4.25. The Kier molecular flexibility index (Phi) is 8.54. The van der Waals surface area contributed by atoms with Crippen LogP contribution in [0.4, 0.5) is 11.4 Å². The summed E-state index contributed by atoms with van der Waals surface area (Å²) in [7, 11) is 0. The van der Waals surface area contributed by atoms with E-state index in [-0.39, 0.29) is 0 Å². The van der Waals surface area contributed by atoms with E-state index < -0.39 is 0 Å². The maximum absolute atomic E-state index is 4.58. The van der Waals surface area contributed by atoms with E-state index in [1.54, 1.807) is 0 Å². The van der Waals surface area contributed by atoms with Crippen LogP contribution in [-0.2, 0) is 0 Å². The molecular weight excluding hydrogens is 392 g/mol. The molecule has 0 aliphatic rings. The summed E-state index contributed by atoms with van der Waals surface area (Å²) >= 11 is 0. The van der Waals surface area contributed by atoms with E-state index in [0.717, 1.165) is 73.9 Å². The van der Waals surface area contributed by atoms with E-state index in [9.17, 15) is 0 Å². The summed E-state index contributed by atoms with van der Waals surface area (Å²) in [5.74, 6) is 0. The van der Waals surface area contributed by atoms with Gasteiger partial charge in [-0.25, -0.2) is 0 Å². The van der Waals surface area contributed by atoms with E-state index in [1.165, 1.54) is 32.7 Å². The molecule has 3 aromatic carbocycles. The third kappa shape index (κ3) is 5.08. The third-order valence-corrected chi connectivity index (χ3v) is 6.12. The summed E-state index contributed by atoms with van der Waals surface area (Å²) in [5.41, 5.74) is 4.76. The first-order chi connectivity index (χ1) is 15.5. The van der Waals surface area contributed by atoms with Crippen LogP contribution in [0.15, 0.2) is 24.3 Å². The Morgan fingerprint density at radius 1 is 0.562 bits per heavy atom. The molecule has 0 aliphatic carbocycles. The molecule has 3 rings (SSSR count). The first-order valence-electron chi connectivity index (χ1n) is 12.1. The summed E-state index contributed by atoms with van der Waals surface area (Å²) in [4.78, 5) is 0. The van der Waals surface area contributed by atoms with E-state index in [2.05, 4.69) is 86.4 Å². The normalized spacial score (nSPS) is 11.4. The van der Waals surface area contributed by atoms with E-state index in [0.29, 0.717) is 0 Å². The molecule has 0 aliphatic heterocycles. The van der Waals surface area contributed by atoms with Crippen molar-refractivity contribution in [3.8, 4) is 0 Å². The monoisotopic (exact) mass is 432 g/mol. The van der Waals surface area contributed by atoms with Gasteiger partial charge in [0.05, 0.1) is 0 Å². The highest BCUT2D eigenvalue weighted by Crippen LogP contribution is 2.29. The fraction of sp³-hybridized carbons (Fsp3) is 0.429. The minimum absolute atomic E-state index is 0.875. The molecule has 32 heavy (non-hydrogen) atoms. The van der Waals surface area contributed by atoms with Crippen molar-refractivity contribution in [3.63, 3.8) is 0 Å². The zero-order valence-corrected chi connectivity index (χ0v) is 20.4. The van der Waals surface area contributed by atoms with Crippen LogP contribution in [-0.4, -0.2) is 39.3 Å². The highest BCUT2D eigenvalue weighted by Gasteiger charge is 2.14. The van der Waals surface area contributed by atoms with Crippen molar-refractivity contribution in [2.24, 2.45) is 0 Å². The lowest BCUT2D eigenvalue weighted by atomic mass is 9.91. The molecule has 0 saturated carbocycles. The number of hydrogen-bond donors (Lipinski definition) is 4. The molecule has 0 spiro atoms. The Bertz CT molecular complexity index is 1070. The second kappa shape index (κ2) is 11.3. The maximum atomic E-state index is 4.58. The van der Waals surface area contributed by atoms with Gasteiger partial charge in [-0.1, -0.05) is 39.1 Å². The highest BCUT2D eigenvalue weighted by atomic mass is 15.0. The molecule has 0 unspecified atom stereocenters. The van der Waals surface area contributed by atoms with Gasteiger partial charge in [0.25, 0.3) is 0 Å². The van der Waals surface area contributed by atoms with Crippen LogP contribution in [0.25, 0.3) is 34.7 Å². The highest BCUT2D eigenvalue weighted by molar-refractivity contribution is 6.11. The number of fused-ring (bicyclic) bond motifs is 2. The number of nitrogens with one attached hydrogen (secondary N) is 4. The van der Waals surface area contributed by atoms with Gasteiger partial charge in [-0.3, -0.25) is 0 Å². The fourth-order valence-electron chi connectivity index (χ4n) is 4.54. The van der Waals surface area contributed by atoms with Gasteiger partial charge in [0.1, 0.15) is 0 Å². The van der Waals surface area contributed by atoms with Gasteiger partial charge in [0.15, 0.2) is 0 Å². The molecule has 3 aromatic rings. The lowest BCUT2D eigenvalue weighted by molar-refractivity contribution is 0.687. The average molecular weight is 433 g/mol. The van der Waals surface area contributed by atoms with Crippen LogP contribution < -0.4 is 31.7 Å². The van der Waals surface area contributed by atoms with E-state index >= 15 is 0 Å². The number of anilines is 2. The number of rotatable bonds is 12. The second-order valence-electron chi connectivity index (χ2n) is 8.67. The number of benzene rings is 3.